The van der Waals surface area contributed by atoms with E-state index in [9.17, 15) is 4.79 Å². The van der Waals surface area contributed by atoms with E-state index in [0.717, 1.165) is 11.4 Å². The second kappa shape index (κ2) is 4.71. The quantitative estimate of drug-likeness (QED) is 0.866. The van der Waals surface area contributed by atoms with Crippen molar-refractivity contribution in [3.8, 4) is 0 Å². The van der Waals surface area contributed by atoms with Crippen LogP contribution in [0.3, 0.4) is 0 Å². The van der Waals surface area contributed by atoms with Crippen molar-refractivity contribution >= 4 is 21.8 Å². The fourth-order valence-corrected chi connectivity index (χ4v) is 1.92. The summed E-state index contributed by atoms with van der Waals surface area (Å²) in [5.41, 5.74) is 5.38. The Bertz CT molecular complexity index is 543. The normalized spacial score (nSPS) is 10.3. The maximum absolute atomic E-state index is 12.0. The number of nitrogens with one attached hydrogen (secondary N) is 1. The molecule has 0 aliphatic rings. The highest BCUT2D eigenvalue weighted by Gasteiger charge is 2.08. The maximum atomic E-state index is 12.0. The Labute approximate surface area is 108 Å². The molecule has 88 valence electrons. The van der Waals surface area contributed by atoms with Gasteiger partial charge in [-0.2, -0.15) is 0 Å². The van der Waals surface area contributed by atoms with Crippen LogP contribution in [0.5, 0.6) is 0 Å². The van der Waals surface area contributed by atoms with Crippen molar-refractivity contribution in [2.45, 2.75) is 13.8 Å². The highest BCUT2D eigenvalue weighted by Crippen LogP contribution is 2.10. The number of carbonyl (C=O) groups excluding carboxylic acids is 1. The predicted molar refractivity (Wildman–Crippen MR) is 69.5 cm³/mol. The third kappa shape index (κ3) is 2.55. The van der Waals surface area contributed by atoms with Crippen LogP contribution in [0.25, 0.3) is 0 Å². The molecule has 0 aromatic carbocycles. The molecule has 0 fully saturated rings. The van der Waals surface area contributed by atoms with Gasteiger partial charge in [0.2, 0.25) is 0 Å². The predicted octanol–water partition coefficient (Wildman–Crippen LogP) is 2.65. The molecule has 2 aromatic rings. The molecule has 0 aliphatic carbocycles. The van der Waals surface area contributed by atoms with Crippen LogP contribution in [0.15, 0.2) is 35.1 Å². The highest BCUT2D eigenvalue weighted by atomic mass is 79.9. The molecule has 5 heteroatoms. The van der Waals surface area contributed by atoms with E-state index in [-0.39, 0.29) is 5.91 Å². The molecular formula is C12H12BrN3O. The van der Waals surface area contributed by atoms with Crippen molar-refractivity contribution < 1.29 is 4.79 Å². The van der Waals surface area contributed by atoms with E-state index in [1.807, 2.05) is 26.0 Å². The maximum Gasteiger partial charge on any atom is 0.270 e. The molecule has 2 heterocycles. The van der Waals surface area contributed by atoms with E-state index < -0.39 is 0 Å². The van der Waals surface area contributed by atoms with Crippen LogP contribution >= 0.6 is 15.9 Å². The highest BCUT2D eigenvalue weighted by molar-refractivity contribution is 9.10. The minimum atomic E-state index is -0.157. The summed E-state index contributed by atoms with van der Waals surface area (Å²) in [6.45, 7) is 3.88. The van der Waals surface area contributed by atoms with Gasteiger partial charge >= 0.3 is 0 Å². The van der Waals surface area contributed by atoms with Crippen LogP contribution in [-0.4, -0.2) is 15.6 Å². The van der Waals surface area contributed by atoms with Crippen molar-refractivity contribution in [1.82, 2.24) is 9.66 Å². The molecule has 0 aliphatic heterocycles. The number of amides is 1. The second-order valence-corrected chi connectivity index (χ2v) is 4.57. The molecule has 17 heavy (non-hydrogen) atoms. The molecule has 0 atom stereocenters. The number of aryl methyl sites for hydroxylation is 2. The van der Waals surface area contributed by atoms with Gasteiger partial charge in [-0.15, -0.1) is 0 Å². The van der Waals surface area contributed by atoms with Gasteiger partial charge in [0.15, 0.2) is 0 Å². The second-order valence-electron chi connectivity index (χ2n) is 3.76. The lowest BCUT2D eigenvalue weighted by atomic mass is 10.2. The van der Waals surface area contributed by atoms with Gasteiger partial charge in [0, 0.05) is 23.1 Å². The zero-order valence-electron chi connectivity index (χ0n) is 9.57. The number of hydrogen-bond acceptors (Lipinski definition) is 2. The summed E-state index contributed by atoms with van der Waals surface area (Å²) in [5, 5.41) is 0. The number of rotatable bonds is 2. The summed E-state index contributed by atoms with van der Waals surface area (Å²) < 4.78 is 2.41. The summed E-state index contributed by atoms with van der Waals surface area (Å²) in [7, 11) is 0. The molecule has 0 bridgehead atoms. The van der Waals surface area contributed by atoms with E-state index in [1.165, 1.54) is 0 Å². The Morgan fingerprint density at radius 3 is 2.53 bits per heavy atom. The van der Waals surface area contributed by atoms with Crippen molar-refractivity contribution in [2.75, 3.05) is 5.43 Å². The Morgan fingerprint density at radius 1 is 1.29 bits per heavy atom. The molecule has 0 unspecified atom stereocenters. The molecule has 0 saturated heterocycles. The van der Waals surface area contributed by atoms with E-state index in [4.69, 9.17) is 0 Å². The summed E-state index contributed by atoms with van der Waals surface area (Å²) in [5.74, 6) is -0.157. The van der Waals surface area contributed by atoms with Crippen LogP contribution in [0, 0.1) is 13.8 Å². The average Bonchev–Trinajstić information content (AvgIpc) is 2.61. The smallest absolute Gasteiger partial charge is 0.267 e. The average molecular weight is 294 g/mol. The zero-order chi connectivity index (χ0) is 12.4. The lowest BCUT2D eigenvalue weighted by Gasteiger charge is -2.11. The Morgan fingerprint density at radius 2 is 1.94 bits per heavy atom. The van der Waals surface area contributed by atoms with Gasteiger partial charge in [-0.1, -0.05) is 0 Å². The van der Waals surface area contributed by atoms with Crippen LogP contribution < -0.4 is 5.43 Å². The van der Waals surface area contributed by atoms with Crippen molar-refractivity contribution in [1.29, 1.82) is 0 Å². The first-order valence-electron chi connectivity index (χ1n) is 5.16. The SMILES string of the molecule is Cc1ccc(C)n1NC(=O)c1ccnc(Br)c1. The molecule has 0 saturated carbocycles. The fraction of sp³-hybridized carbons (Fsp3) is 0.167. The molecule has 0 radical (unpaired) electrons. The van der Waals surface area contributed by atoms with Crippen LogP contribution in [-0.2, 0) is 0 Å². The van der Waals surface area contributed by atoms with E-state index in [0.29, 0.717) is 10.2 Å². The Balaban J connectivity index is 2.23. The van der Waals surface area contributed by atoms with Crippen molar-refractivity contribution in [3.05, 3.63) is 52.0 Å². The lowest BCUT2D eigenvalue weighted by molar-refractivity contribution is 0.101. The number of nitrogens with zero attached hydrogens (tertiary/aromatic N) is 2. The number of hydrogen-bond donors (Lipinski definition) is 1. The molecule has 1 N–H and O–H groups in total. The topological polar surface area (TPSA) is 46.9 Å². The largest absolute Gasteiger partial charge is 0.270 e. The summed E-state index contributed by atoms with van der Waals surface area (Å²) >= 11 is 3.24. The van der Waals surface area contributed by atoms with Crippen LogP contribution in [0.2, 0.25) is 0 Å². The third-order valence-electron chi connectivity index (χ3n) is 2.47. The summed E-state index contributed by atoms with van der Waals surface area (Å²) in [6.07, 6.45) is 1.59. The molecule has 0 spiro atoms. The van der Waals surface area contributed by atoms with Gasteiger partial charge in [-0.25, -0.2) is 4.98 Å². The number of aromatic nitrogens is 2. The molecule has 1 amide bonds. The van der Waals surface area contributed by atoms with Crippen molar-refractivity contribution in [3.63, 3.8) is 0 Å². The number of pyridine rings is 1. The standard InChI is InChI=1S/C12H12BrN3O/c1-8-3-4-9(2)16(8)15-12(17)10-5-6-14-11(13)7-10/h3-7H,1-2H3,(H,15,17). The van der Waals surface area contributed by atoms with Gasteiger partial charge in [0.25, 0.3) is 5.91 Å². The lowest BCUT2D eigenvalue weighted by Crippen LogP contribution is -2.24. The van der Waals surface area contributed by atoms with Gasteiger partial charge in [0.05, 0.1) is 0 Å². The van der Waals surface area contributed by atoms with Gasteiger partial charge in [0.1, 0.15) is 4.60 Å². The first-order chi connectivity index (χ1) is 8.08. The minimum absolute atomic E-state index is 0.157. The van der Waals surface area contributed by atoms with E-state index in [2.05, 4.69) is 26.3 Å². The van der Waals surface area contributed by atoms with Gasteiger partial charge in [-0.05, 0) is 54.0 Å². The molecular weight excluding hydrogens is 282 g/mol. The van der Waals surface area contributed by atoms with E-state index in [1.54, 1.807) is 23.0 Å². The van der Waals surface area contributed by atoms with Gasteiger partial charge in [-0.3, -0.25) is 14.9 Å². The first-order valence-corrected chi connectivity index (χ1v) is 5.95. The molecule has 2 aromatic heterocycles. The van der Waals surface area contributed by atoms with Crippen LogP contribution in [0.1, 0.15) is 21.7 Å². The third-order valence-corrected chi connectivity index (χ3v) is 2.91. The molecule has 2 rings (SSSR count). The Kier molecular flexibility index (Phi) is 3.28. The van der Waals surface area contributed by atoms with Gasteiger partial charge < -0.3 is 0 Å². The minimum Gasteiger partial charge on any atom is -0.267 e. The zero-order valence-corrected chi connectivity index (χ0v) is 11.2. The van der Waals surface area contributed by atoms with E-state index >= 15 is 0 Å². The number of halogens is 1. The number of carbonyl (C=O) groups is 1. The molecule has 4 nitrogen and oxygen atoms in total. The summed E-state index contributed by atoms with van der Waals surface area (Å²) in [6, 6.07) is 7.27. The Hall–Kier alpha value is -1.62. The van der Waals surface area contributed by atoms with Crippen molar-refractivity contribution in [2.24, 2.45) is 0 Å². The first kappa shape index (κ1) is 11.9. The van der Waals surface area contributed by atoms with Crippen LogP contribution in [0.4, 0.5) is 0 Å². The summed E-state index contributed by atoms with van der Waals surface area (Å²) in [4.78, 5) is 16.0. The fourth-order valence-electron chi connectivity index (χ4n) is 1.55. The monoisotopic (exact) mass is 293 g/mol.